The van der Waals surface area contributed by atoms with E-state index < -0.39 is 0 Å². The topological polar surface area (TPSA) is 67.2 Å². The average Bonchev–Trinajstić information content (AvgIpc) is 2.89. The number of carbonyl (C=O) groups excluding carboxylic acids is 1. The summed E-state index contributed by atoms with van der Waals surface area (Å²) in [6.07, 6.45) is 0. The number of amides is 1. The highest BCUT2D eigenvalue weighted by molar-refractivity contribution is 5.92. The summed E-state index contributed by atoms with van der Waals surface area (Å²) in [5.41, 5.74) is 4.00. The zero-order valence-corrected chi connectivity index (χ0v) is 13.8. The van der Waals surface area contributed by atoms with Gasteiger partial charge < -0.3 is 9.84 Å². The fourth-order valence-corrected chi connectivity index (χ4v) is 1.99. The zero-order chi connectivity index (χ0) is 16.3. The predicted molar refractivity (Wildman–Crippen MR) is 88.2 cm³/mol. The molecule has 0 atom stereocenters. The van der Waals surface area contributed by atoms with E-state index in [1.54, 1.807) is 6.07 Å². The number of nitrogens with zero attached hydrogens (tertiary/aromatic N) is 1. The summed E-state index contributed by atoms with van der Waals surface area (Å²) in [6, 6.07) is 7.73. The molecule has 0 unspecified atom stereocenters. The number of nitrogens with one attached hydrogen (secondary N) is 2. The van der Waals surface area contributed by atoms with Crippen LogP contribution in [0.5, 0.6) is 0 Å². The Bertz CT molecular complexity index is 669. The Labute approximate surface area is 131 Å². The molecule has 1 heterocycles. The van der Waals surface area contributed by atoms with Gasteiger partial charge in [-0.2, -0.15) is 0 Å². The SMILES string of the molecule is Cc1cccc(NCC(=O)Nc2cc(C(C)(C)C)no2)c1C. The number of rotatable bonds is 4. The summed E-state index contributed by atoms with van der Waals surface area (Å²) in [5, 5.41) is 9.82. The van der Waals surface area contributed by atoms with Gasteiger partial charge in [-0.25, -0.2) is 0 Å². The summed E-state index contributed by atoms with van der Waals surface area (Å²) in [5.74, 6) is 0.204. The van der Waals surface area contributed by atoms with Crippen molar-refractivity contribution in [2.75, 3.05) is 17.2 Å². The third-order valence-corrected chi connectivity index (χ3v) is 3.59. The number of hydrogen-bond donors (Lipinski definition) is 2. The van der Waals surface area contributed by atoms with Crippen LogP contribution in [0, 0.1) is 13.8 Å². The maximum Gasteiger partial charge on any atom is 0.246 e. The molecule has 2 aromatic rings. The lowest BCUT2D eigenvalue weighted by Gasteiger charge is -2.12. The van der Waals surface area contributed by atoms with Gasteiger partial charge in [0, 0.05) is 17.2 Å². The normalized spacial score (nSPS) is 11.3. The standard InChI is InChI=1S/C17H23N3O2/c1-11-7-6-8-13(12(11)2)18-10-15(21)19-16-9-14(20-22-16)17(3,4)5/h6-9,18H,10H2,1-5H3,(H,19,21). The van der Waals surface area contributed by atoms with Crippen LogP contribution >= 0.6 is 0 Å². The van der Waals surface area contributed by atoms with E-state index >= 15 is 0 Å². The van der Waals surface area contributed by atoms with Crippen LogP contribution in [0.3, 0.4) is 0 Å². The van der Waals surface area contributed by atoms with Crippen molar-refractivity contribution in [3.63, 3.8) is 0 Å². The van der Waals surface area contributed by atoms with Crippen LogP contribution in [0.15, 0.2) is 28.8 Å². The first-order chi connectivity index (χ1) is 10.3. The Morgan fingerprint density at radius 2 is 2.00 bits per heavy atom. The lowest BCUT2D eigenvalue weighted by Crippen LogP contribution is -2.22. The van der Waals surface area contributed by atoms with E-state index in [-0.39, 0.29) is 17.9 Å². The lowest BCUT2D eigenvalue weighted by molar-refractivity contribution is -0.114. The maximum atomic E-state index is 12.0. The number of benzene rings is 1. The van der Waals surface area contributed by atoms with Crippen LogP contribution in [0.1, 0.15) is 37.6 Å². The maximum absolute atomic E-state index is 12.0. The van der Waals surface area contributed by atoms with E-state index in [1.165, 1.54) is 5.56 Å². The van der Waals surface area contributed by atoms with Gasteiger partial charge in [-0.3, -0.25) is 10.1 Å². The first-order valence-electron chi connectivity index (χ1n) is 7.34. The largest absolute Gasteiger partial charge is 0.376 e. The van der Waals surface area contributed by atoms with Crippen LogP contribution in [-0.4, -0.2) is 17.6 Å². The molecular formula is C17H23N3O2. The van der Waals surface area contributed by atoms with Crippen LogP contribution < -0.4 is 10.6 Å². The predicted octanol–water partition coefficient (Wildman–Crippen LogP) is 3.64. The van der Waals surface area contributed by atoms with Gasteiger partial charge in [-0.15, -0.1) is 0 Å². The molecule has 5 heteroatoms. The number of aromatic nitrogens is 1. The summed E-state index contributed by atoms with van der Waals surface area (Å²) < 4.78 is 5.15. The molecule has 0 saturated carbocycles. The molecule has 22 heavy (non-hydrogen) atoms. The molecule has 0 radical (unpaired) electrons. The fourth-order valence-electron chi connectivity index (χ4n) is 1.99. The fraction of sp³-hybridized carbons (Fsp3) is 0.412. The molecule has 2 N–H and O–H groups in total. The highest BCUT2D eigenvalue weighted by Crippen LogP contribution is 2.23. The van der Waals surface area contributed by atoms with E-state index in [0.717, 1.165) is 16.9 Å². The second kappa shape index (κ2) is 6.22. The van der Waals surface area contributed by atoms with Gasteiger partial charge in [0.25, 0.3) is 0 Å². The lowest BCUT2D eigenvalue weighted by atomic mass is 9.92. The number of anilines is 2. The van der Waals surface area contributed by atoms with Crippen molar-refractivity contribution in [3.8, 4) is 0 Å². The highest BCUT2D eigenvalue weighted by atomic mass is 16.5. The van der Waals surface area contributed by atoms with Crippen LogP contribution in [0.4, 0.5) is 11.6 Å². The van der Waals surface area contributed by atoms with E-state index in [0.29, 0.717) is 5.88 Å². The molecule has 0 fully saturated rings. The molecule has 2 rings (SSSR count). The molecule has 0 bridgehead atoms. The Morgan fingerprint density at radius 3 is 2.64 bits per heavy atom. The summed E-state index contributed by atoms with van der Waals surface area (Å²) in [6.45, 7) is 10.4. The van der Waals surface area contributed by atoms with Gasteiger partial charge in [0.05, 0.1) is 12.2 Å². The molecule has 1 aromatic heterocycles. The minimum absolute atomic E-state index is 0.108. The monoisotopic (exact) mass is 301 g/mol. The second-order valence-electron chi connectivity index (χ2n) is 6.48. The average molecular weight is 301 g/mol. The first kappa shape index (κ1) is 16.1. The van der Waals surface area contributed by atoms with Crippen LogP contribution in [0.25, 0.3) is 0 Å². The van der Waals surface area contributed by atoms with Crippen molar-refractivity contribution >= 4 is 17.5 Å². The molecule has 5 nitrogen and oxygen atoms in total. The van der Waals surface area contributed by atoms with E-state index in [1.807, 2.05) is 52.8 Å². The van der Waals surface area contributed by atoms with Crippen LogP contribution in [-0.2, 0) is 10.2 Å². The van der Waals surface area contributed by atoms with Gasteiger partial charge in [-0.1, -0.05) is 38.1 Å². The van der Waals surface area contributed by atoms with Gasteiger partial charge >= 0.3 is 0 Å². The van der Waals surface area contributed by atoms with Crippen molar-refractivity contribution in [2.24, 2.45) is 0 Å². The van der Waals surface area contributed by atoms with Gasteiger partial charge in [0.15, 0.2) is 0 Å². The minimum Gasteiger partial charge on any atom is -0.376 e. The Hall–Kier alpha value is -2.30. The number of aryl methyl sites for hydroxylation is 1. The third-order valence-electron chi connectivity index (χ3n) is 3.59. The summed E-state index contributed by atoms with van der Waals surface area (Å²) in [4.78, 5) is 12.0. The molecule has 0 aliphatic carbocycles. The Morgan fingerprint density at radius 1 is 1.27 bits per heavy atom. The smallest absolute Gasteiger partial charge is 0.246 e. The molecule has 0 aliphatic heterocycles. The van der Waals surface area contributed by atoms with E-state index in [2.05, 4.69) is 15.8 Å². The highest BCUT2D eigenvalue weighted by Gasteiger charge is 2.19. The van der Waals surface area contributed by atoms with Crippen molar-refractivity contribution in [1.82, 2.24) is 5.16 Å². The zero-order valence-electron chi connectivity index (χ0n) is 13.8. The van der Waals surface area contributed by atoms with Crippen molar-refractivity contribution < 1.29 is 9.32 Å². The van der Waals surface area contributed by atoms with Gasteiger partial charge in [-0.05, 0) is 31.0 Å². The van der Waals surface area contributed by atoms with E-state index in [4.69, 9.17) is 4.52 Å². The molecule has 1 aromatic carbocycles. The van der Waals surface area contributed by atoms with Crippen molar-refractivity contribution in [1.29, 1.82) is 0 Å². The van der Waals surface area contributed by atoms with Gasteiger partial charge in [0.1, 0.15) is 0 Å². The second-order valence-corrected chi connectivity index (χ2v) is 6.48. The molecule has 118 valence electrons. The summed E-state index contributed by atoms with van der Waals surface area (Å²) >= 11 is 0. The Balaban J connectivity index is 1.93. The molecule has 0 spiro atoms. The molecular weight excluding hydrogens is 278 g/mol. The van der Waals surface area contributed by atoms with Crippen LogP contribution in [0.2, 0.25) is 0 Å². The summed E-state index contributed by atoms with van der Waals surface area (Å²) in [7, 11) is 0. The first-order valence-corrected chi connectivity index (χ1v) is 7.34. The Kier molecular flexibility index (Phi) is 4.54. The van der Waals surface area contributed by atoms with Crippen molar-refractivity contribution in [3.05, 3.63) is 41.1 Å². The third kappa shape index (κ3) is 3.87. The number of carbonyl (C=O) groups is 1. The van der Waals surface area contributed by atoms with Crippen molar-refractivity contribution in [2.45, 2.75) is 40.0 Å². The molecule has 0 saturated heterocycles. The number of hydrogen-bond acceptors (Lipinski definition) is 4. The molecule has 1 amide bonds. The van der Waals surface area contributed by atoms with E-state index in [9.17, 15) is 4.79 Å². The molecule has 0 aliphatic rings. The quantitative estimate of drug-likeness (QED) is 0.904. The minimum atomic E-state index is -0.169. The van der Waals surface area contributed by atoms with Gasteiger partial charge in [0.2, 0.25) is 11.8 Å².